The Kier molecular flexibility index (Phi) is 4.56. The molecule has 1 saturated carbocycles. The topological polar surface area (TPSA) is 66.5 Å². The normalized spacial score (nSPS) is 16.3. The summed E-state index contributed by atoms with van der Waals surface area (Å²) in [5.41, 5.74) is 1.65. The Hall–Kier alpha value is -1.56. The Morgan fingerprint density at radius 3 is 2.33 bits per heavy atom. The number of carbonyl (C=O) groups is 1. The number of sulfonamides is 1. The highest BCUT2D eigenvalue weighted by Crippen LogP contribution is 2.23. The van der Waals surface area contributed by atoms with Crippen molar-refractivity contribution in [1.29, 1.82) is 0 Å². The second-order valence-corrected chi connectivity index (χ2v) is 7.40. The fourth-order valence-electron chi connectivity index (χ4n) is 2.24. The molecule has 1 atom stereocenters. The third-order valence-corrected chi connectivity index (χ3v) is 4.85. The molecule has 0 aliphatic heterocycles. The maximum atomic E-state index is 12.2. The van der Waals surface area contributed by atoms with Gasteiger partial charge in [0.1, 0.15) is 6.04 Å². The van der Waals surface area contributed by atoms with Crippen LogP contribution in [0.4, 0.5) is 5.69 Å². The monoisotopic (exact) mass is 310 g/mol. The van der Waals surface area contributed by atoms with Crippen LogP contribution < -0.4 is 9.62 Å². The fraction of sp³-hybridized carbons (Fsp3) is 0.533. The minimum absolute atomic E-state index is 0.212. The van der Waals surface area contributed by atoms with Crippen molar-refractivity contribution in [3.8, 4) is 0 Å². The molecule has 1 fully saturated rings. The van der Waals surface area contributed by atoms with Crippen LogP contribution in [0.15, 0.2) is 24.3 Å². The highest BCUT2D eigenvalue weighted by Gasteiger charge is 2.32. The Morgan fingerprint density at radius 2 is 1.90 bits per heavy atom. The lowest BCUT2D eigenvalue weighted by molar-refractivity contribution is -0.121. The molecule has 0 spiro atoms. The van der Waals surface area contributed by atoms with Crippen molar-refractivity contribution in [2.75, 3.05) is 10.6 Å². The Balaban J connectivity index is 2.26. The predicted octanol–water partition coefficient (Wildman–Crippen LogP) is 1.68. The number of rotatable bonds is 6. The minimum atomic E-state index is -3.52. The molecule has 0 bridgehead atoms. The molecule has 1 amide bonds. The molecule has 1 unspecified atom stereocenters. The van der Waals surface area contributed by atoms with Gasteiger partial charge in [0.15, 0.2) is 0 Å². The van der Waals surface area contributed by atoms with E-state index in [0.29, 0.717) is 5.69 Å². The predicted molar refractivity (Wildman–Crippen MR) is 83.8 cm³/mol. The quantitative estimate of drug-likeness (QED) is 0.869. The van der Waals surface area contributed by atoms with Crippen LogP contribution >= 0.6 is 0 Å². The van der Waals surface area contributed by atoms with Crippen LogP contribution in [0.1, 0.15) is 32.3 Å². The standard InChI is InChI=1S/C15H22N2O3S/c1-4-12-5-9-14(10-6-12)17(21(3,19)20)11(2)15(18)16-13-7-8-13/h5-6,9-11,13H,4,7-8H2,1-3H3,(H,16,18). The summed E-state index contributed by atoms with van der Waals surface area (Å²) in [4.78, 5) is 12.2. The second kappa shape index (κ2) is 6.05. The van der Waals surface area contributed by atoms with Gasteiger partial charge in [-0.3, -0.25) is 9.10 Å². The summed E-state index contributed by atoms with van der Waals surface area (Å²) in [6, 6.07) is 6.73. The zero-order valence-corrected chi connectivity index (χ0v) is 13.5. The summed E-state index contributed by atoms with van der Waals surface area (Å²) in [5.74, 6) is -0.248. The van der Waals surface area contributed by atoms with E-state index in [1.165, 1.54) is 4.31 Å². The number of anilines is 1. The van der Waals surface area contributed by atoms with E-state index in [1.54, 1.807) is 19.1 Å². The van der Waals surface area contributed by atoms with Crippen LogP contribution in [0.5, 0.6) is 0 Å². The molecular formula is C15H22N2O3S. The lowest BCUT2D eigenvalue weighted by atomic mass is 10.1. The van der Waals surface area contributed by atoms with Crippen molar-refractivity contribution >= 4 is 21.6 Å². The summed E-state index contributed by atoms with van der Waals surface area (Å²) in [7, 11) is -3.52. The first-order valence-electron chi connectivity index (χ1n) is 7.21. The van der Waals surface area contributed by atoms with Crippen LogP contribution in [0.2, 0.25) is 0 Å². The van der Waals surface area contributed by atoms with Gasteiger partial charge < -0.3 is 5.32 Å². The first kappa shape index (κ1) is 15.8. The first-order chi connectivity index (χ1) is 9.82. The van der Waals surface area contributed by atoms with Gasteiger partial charge in [-0.1, -0.05) is 19.1 Å². The maximum Gasteiger partial charge on any atom is 0.243 e. The molecule has 5 nitrogen and oxygen atoms in total. The highest BCUT2D eigenvalue weighted by atomic mass is 32.2. The van der Waals surface area contributed by atoms with Gasteiger partial charge in [-0.05, 0) is 43.9 Å². The molecule has 0 heterocycles. The smallest absolute Gasteiger partial charge is 0.243 e. The zero-order valence-electron chi connectivity index (χ0n) is 12.7. The average molecular weight is 310 g/mol. The SMILES string of the molecule is CCc1ccc(N(C(C)C(=O)NC2CC2)S(C)(=O)=O)cc1. The van der Waals surface area contributed by atoms with E-state index in [2.05, 4.69) is 5.32 Å². The van der Waals surface area contributed by atoms with Gasteiger partial charge in [0, 0.05) is 6.04 Å². The minimum Gasteiger partial charge on any atom is -0.352 e. The summed E-state index contributed by atoms with van der Waals surface area (Å²) < 4.78 is 25.3. The molecule has 6 heteroatoms. The summed E-state index contributed by atoms with van der Waals surface area (Å²) >= 11 is 0. The van der Waals surface area contributed by atoms with Crippen LogP contribution in [-0.4, -0.2) is 32.7 Å². The Labute approximate surface area is 126 Å². The third-order valence-electron chi connectivity index (χ3n) is 3.61. The van der Waals surface area contributed by atoms with Gasteiger partial charge in [0.05, 0.1) is 11.9 Å². The van der Waals surface area contributed by atoms with Crippen molar-refractivity contribution in [2.24, 2.45) is 0 Å². The molecule has 2 rings (SSSR count). The van der Waals surface area contributed by atoms with Gasteiger partial charge in [-0.15, -0.1) is 0 Å². The Morgan fingerprint density at radius 1 is 1.33 bits per heavy atom. The van der Waals surface area contributed by atoms with Crippen molar-refractivity contribution < 1.29 is 13.2 Å². The molecule has 1 aliphatic rings. The molecule has 116 valence electrons. The second-order valence-electron chi connectivity index (χ2n) is 5.54. The van der Waals surface area contributed by atoms with Gasteiger partial charge in [0.2, 0.25) is 15.9 Å². The van der Waals surface area contributed by atoms with E-state index in [1.807, 2.05) is 19.1 Å². The largest absolute Gasteiger partial charge is 0.352 e. The Bertz CT molecular complexity index is 606. The molecule has 0 radical (unpaired) electrons. The van der Waals surface area contributed by atoms with E-state index in [-0.39, 0.29) is 11.9 Å². The van der Waals surface area contributed by atoms with Crippen molar-refractivity contribution in [1.82, 2.24) is 5.32 Å². The van der Waals surface area contributed by atoms with Gasteiger partial charge in [-0.2, -0.15) is 0 Å². The van der Waals surface area contributed by atoms with E-state index >= 15 is 0 Å². The molecule has 0 aromatic heterocycles. The number of hydrogen-bond donors (Lipinski definition) is 1. The van der Waals surface area contributed by atoms with Gasteiger partial charge in [-0.25, -0.2) is 8.42 Å². The van der Waals surface area contributed by atoms with Crippen LogP contribution in [0.3, 0.4) is 0 Å². The number of aryl methyl sites for hydroxylation is 1. The molecule has 1 aromatic carbocycles. The van der Waals surface area contributed by atoms with Gasteiger partial charge in [0.25, 0.3) is 0 Å². The van der Waals surface area contributed by atoms with E-state index in [4.69, 9.17) is 0 Å². The van der Waals surface area contributed by atoms with Gasteiger partial charge >= 0.3 is 0 Å². The van der Waals surface area contributed by atoms with Crippen molar-refractivity contribution in [3.05, 3.63) is 29.8 Å². The number of carbonyl (C=O) groups excluding carboxylic acids is 1. The summed E-state index contributed by atoms with van der Waals surface area (Å²) in [5, 5.41) is 2.85. The van der Waals surface area contributed by atoms with E-state index in [0.717, 1.165) is 31.1 Å². The molecule has 0 saturated heterocycles. The van der Waals surface area contributed by atoms with Crippen LogP contribution in [-0.2, 0) is 21.2 Å². The lowest BCUT2D eigenvalue weighted by Crippen LogP contribution is -2.48. The number of amides is 1. The molecular weight excluding hydrogens is 288 g/mol. The number of benzene rings is 1. The fourth-order valence-corrected chi connectivity index (χ4v) is 3.41. The summed E-state index contributed by atoms with van der Waals surface area (Å²) in [6.07, 6.45) is 3.96. The van der Waals surface area contributed by atoms with E-state index < -0.39 is 16.1 Å². The first-order valence-corrected chi connectivity index (χ1v) is 9.06. The highest BCUT2D eigenvalue weighted by molar-refractivity contribution is 7.92. The van der Waals surface area contributed by atoms with Crippen LogP contribution in [0.25, 0.3) is 0 Å². The molecule has 21 heavy (non-hydrogen) atoms. The third kappa shape index (κ3) is 3.97. The number of hydrogen-bond acceptors (Lipinski definition) is 3. The molecule has 1 aromatic rings. The number of nitrogens with one attached hydrogen (secondary N) is 1. The van der Waals surface area contributed by atoms with Crippen LogP contribution in [0, 0.1) is 0 Å². The maximum absolute atomic E-state index is 12.2. The molecule has 1 N–H and O–H groups in total. The van der Waals surface area contributed by atoms with E-state index in [9.17, 15) is 13.2 Å². The van der Waals surface area contributed by atoms with Crippen molar-refractivity contribution in [3.63, 3.8) is 0 Å². The summed E-state index contributed by atoms with van der Waals surface area (Å²) in [6.45, 7) is 3.65. The average Bonchev–Trinajstić information content (AvgIpc) is 3.22. The number of nitrogens with zero attached hydrogens (tertiary/aromatic N) is 1. The molecule has 1 aliphatic carbocycles. The lowest BCUT2D eigenvalue weighted by Gasteiger charge is -2.28. The van der Waals surface area contributed by atoms with Crippen molar-refractivity contribution in [2.45, 2.75) is 45.2 Å². The zero-order chi connectivity index (χ0) is 15.6.